The lowest BCUT2D eigenvalue weighted by Gasteiger charge is -2.10. The van der Waals surface area contributed by atoms with Crippen molar-refractivity contribution in [3.63, 3.8) is 0 Å². The monoisotopic (exact) mass is 356 g/mol. The van der Waals surface area contributed by atoms with Crippen molar-refractivity contribution in [2.45, 2.75) is 20.0 Å². The molecule has 0 aliphatic heterocycles. The Morgan fingerprint density at radius 1 is 1.52 bits per heavy atom. The number of carboxylic acids is 1. The molecule has 0 aliphatic rings. The van der Waals surface area contributed by atoms with Gasteiger partial charge in [0.25, 0.3) is 0 Å². The predicted molar refractivity (Wildman–Crippen MR) is 78.0 cm³/mol. The second kappa shape index (κ2) is 6.26. The molecule has 0 spiro atoms. The van der Waals surface area contributed by atoms with Gasteiger partial charge in [0, 0.05) is 7.05 Å². The van der Waals surface area contributed by atoms with E-state index >= 15 is 0 Å². The molecule has 0 amide bonds. The largest absolute Gasteiger partial charge is 0.486 e. The second-order valence-electron chi connectivity index (χ2n) is 4.42. The van der Waals surface area contributed by atoms with Gasteiger partial charge in [-0.05, 0) is 40.5 Å². The Labute approximate surface area is 129 Å². The summed E-state index contributed by atoms with van der Waals surface area (Å²) in [4.78, 5) is 11.1. The molecule has 112 valence electrons. The Balaban J connectivity index is 2.25. The molecule has 21 heavy (non-hydrogen) atoms. The average Bonchev–Trinajstić information content (AvgIpc) is 2.72. The van der Waals surface area contributed by atoms with E-state index < -0.39 is 11.8 Å². The fourth-order valence-electron chi connectivity index (χ4n) is 1.92. The average molecular weight is 357 g/mol. The van der Waals surface area contributed by atoms with Gasteiger partial charge in [0.05, 0.1) is 15.9 Å². The number of hydrogen-bond acceptors (Lipinski definition) is 3. The van der Waals surface area contributed by atoms with Gasteiger partial charge in [-0.15, -0.1) is 0 Å². The number of carboxylic acid groups (broad SMARTS) is 1. The Kier molecular flexibility index (Phi) is 4.62. The van der Waals surface area contributed by atoms with E-state index in [-0.39, 0.29) is 17.9 Å². The van der Waals surface area contributed by atoms with E-state index in [1.54, 1.807) is 11.7 Å². The van der Waals surface area contributed by atoms with Gasteiger partial charge >= 0.3 is 5.97 Å². The highest BCUT2D eigenvalue weighted by Gasteiger charge is 2.16. The van der Waals surface area contributed by atoms with Crippen molar-refractivity contribution in [3.8, 4) is 5.75 Å². The summed E-state index contributed by atoms with van der Waals surface area (Å²) >= 11 is 3.46. The van der Waals surface area contributed by atoms with Crippen LogP contribution in [-0.2, 0) is 20.1 Å². The number of aromatic nitrogens is 2. The van der Waals surface area contributed by atoms with Crippen LogP contribution in [0.2, 0.25) is 0 Å². The maximum Gasteiger partial charge on any atom is 0.339 e. The van der Waals surface area contributed by atoms with E-state index in [4.69, 9.17) is 9.84 Å². The van der Waals surface area contributed by atoms with Crippen LogP contribution in [0.5, 0.6) is 5.75 Å². The number of nitrogens with zero attached hydrogens (tertiary/aromatic N) is 2. The van der Waals surface area contributed by atoms with Crippen LogP contribution in [0.15, 0.2) is 22.7 Å². The van der Waals surface area contributed by atoms with E-state index in [1.807, 2.05) is 6.92 Å². The fourth-order valence-corrected chi connectivity index (χ4v) is 2.65. The zero-order valence-electron chi connectivity index (χ0n) is 11.6. The van der Waals surface area contributed by atoms with Crippen molar-refractivity contribution in [3.05, 3.63) is 45.4 Å². The van der Waals surface area contributed by atoms with E-state index in [0.717, 1.165) is 34.4 Å². The summed E-state index contributed by atoms with van der Waals surface area (Å²) in [5, 5.41) is 13.4. The van der Waals surface area contributed by atoms with Crippen molar-refractivity contribution < 1.29 is 19.0 Å². The number of ether oxygens (including phenoxy) is 1. The summed E-state index contributed by atoms with van der Waals surface area (Å²) in [6, 6.07) is 3.41. The summed E-state index contributed by atoms with van der Waals surface area (Å²) in [5.41, 5.74) is 1.48. The Hall–Kier alpha value is -1.89. The zero-order valence-corrected chi connectivity index (χ0v) is 13.1. The van der Waals surface area contributed by atoms with Crippen LogP contribution in [0.25, 0.3) is 0 Å². The predicted octanol–water partition coefficient (Wildman–Crippen LogP) is 3.16. The van der Waals surface area contributed by atoms with Crippen LogP contribution in [0.3, 0.4) is 0 Å². The molecule has 1 aromatic carbocycles. The first kappa shape index (κ1) is 15.5. The third kappa shape index (κ3) is 3.24. The Morgan fingerprint density at radius 3 is 2.81 bits per heavy atom. The number of rotatable bonds is 5. The molecule has 1 N–H and O–H groups in total. The summed E-state index contributed by atoms with van der Waals surface area (Å²) in [6.45, 7) is 2.12. The SMILES string of the molecule is CCc1nn(C)c(COc2ccc(F)cc2C(=O)O)c1Br. The minimum absolute atomic E-state index is 0.120. The van der Waals surface area contributed by atoms with Gasteiger partial charge in [0.2, 0.25) is 0 Å². The van der Waals surface area contributed by atoms with Crippen molar-refractivity contribution in [2.75, 3.05) is 0 Å². The van der Waals surface area contributed by atoms with Gasteiger partial charge in [0.1, 0.15) is 23.7 Å². The highest BCUT2D eigenvalue weighted by atomic mass is 79.9. The van der Waals surface area contributed by atoms with Crippen molar-refractivity contribution in [1.82, 2.24) is 9.78 Å². The molecule has 0 saturated carbocycles. The first-order valence-corrected chi connectivity index (χ1v) is 7.09. The molecule has 0 fully saturated rings. The molecule has 7 heteroatoms. The van der Waals surface area contributed by atoms with Gasteiger partial charge in [-0.2, -0.15) is 5.10 Å². The first-order chi connectivity index (χ1) is 9.93. The highest BCUT2D eigenvalue weighted by Crippen LogP contribution is 2.25. The topological polar surface area (TPSA) is 64.4 Å². The van der Waals surface area contributed by atoms with Gasteiger partial charge in [0.15, 0.2) is 0 Å². The Morgan fingerprint density at radius 2 is 2.24 bits per heavy atom. The number of aromatic carboxylic acids is 1. The second-order valence-corrected chi connectivity index (χ2v) is 5.21. The third-order valence-corrected chi connectivity index (χ3v) is 3.95. The lowest BCUT2D eigenvalue weighted by molar-refractivity contribution is 0.0691. The number of benzene rings is 1. The van der Waals surface area contributed by atoms with Gasteiger partial charge in [-0.1, -0.05) is 6.92 Å². The number of aryl methyl sites for hydroxylation is 2. The molecule has 2 rings (SSSR count). The summed E-state index contributed by atoms with van der Waals surface area (Å²) in [7, 11) is 1.78. The summed E-state index contributed by atoms with van der Waals surface area (Å²) in [6.07, 6.45) is 0.769. The third-order valence-electron chi connectivity index (χ3n) is 3.04. The highest BCUT2D eigenvalue weighted by molar-refractivity contribution is 9.10. The Bertz CT molecular complexity index is 685. The quantitative estimate of drug-likeness (QED) is 0.893. The van der Waals surface area contributed by atoms with Gasteiger partial charge < -0.3 is 9.84 Å². The standard InChI is InChI=1S/C14H14BrFN2O3/c1-3-10-13(15)11(18(2)17-10)7-21-12-5-4-8(16)6-9(12)14(19)20/h4-6H,3,7H2,1-2H3,(H,19,20). The molecule has 0 saturated heterocycles. The number of halogens is 2. The minimum Gasteiger partial charge on any atom is -0.486 e. The lowest BCUT2D eigenvalue weighted by atomic mass is 10.2. The molecule has 5 nitrogen and oxygen atoms in total. The van der Waals surface area contributed by atoms with Crippen LogP contribution in [0, 0.1) is 5.82 Å². The van der Waals surface area contributed by atoms with E-state index in [9.17, 15) is 9.18 Å². The molecule has 0 aliphatic carbocycles. The van der Waals surface area contributed by atoms with E-state index in [0.29, 0.717) is 0 Å². The normalized spacial score (nSPS) is 10.7. The maximum atomic E-state index is 13.1. The maximum absolute atomic E-state index is 13.1. The van der Waals surface area contributed by atoms with Crippen LogP contribution in [-0.4, -0.2) is 20.9 Å². The molecular weight excluding hydrogens is 343 g/mol. The van der Waals surface area contributed by atoms with Crippen LogP contribution in [0.4, 0.5) is 4.39 Å². The van der Waals surface area contributed by atoms with Gasteiger partial charge in [-0.3, -0.25) is 4.68 Å². The molecule has 2 aromatic rings. The fraction of sp³-hybridized carbons (Fsp3) is 0.286. The molecule has 1 heterocycles. The minimum atomic E-state index is -1.23. The van der Waals surface area contributed by atoms with E-state index in [2.05, 4.69) is 21.0 Å². The number of hydrogen-bond donors (Lipinski definition) is 1. The van der Waals surface area contributed by atoms with Crippen LogP contribution >= 0.6 is 15.9 Å². The van der Waals surface area contributed by atoms with Crippen molar-refractivity contribution in [1.29, 1.82) is 0 Å². The first-order valence-electron chi connectivity index (χ1n) is 6.30. The van der Waals surface area contributed by atoms with Crippen molar-refractivity contribution in [2.24, 2.45) is 7.05 Å². The van der Waals surface area contributed by atoms with Crippen LogP contribution in [0.1, 0.15) is 28.7 Å². The smallest absolute Gasteiger partial charge is 0.339 e. The van der Waals surface area contributed by atoms with Gasteiger partial charge in [-0.25, -0.2) is 9.18 Å². The molecule has 0 atom stereocenters. The van der Waals surface area contributed by atoms with Crippen LogP contribution < -0.4 is 4.74 Å². The summed E-state index contributed by atoms with van der Waals surface area (Å²) in [5.74, 6) is -1.73. The lowest BCUT2D eigenvalue weighted by Crippen LogP contribution is -2.07. The zero-order chi connectivity index (χ0) is 15.6. The molecule has 1 aromatic heterocycles. The van der Waals surface area contributed by atoms with E-state index in [1.165, 1.54) is 6.07 Å². The molecular formula is C14H14BrFN2O3. The number of carbonyl (C=O) groups is 1. The molecule has 0 bridgehead atoms. The van der Waals surface area contributed by atoms with Crippen molar-refractivity contribution >= 4 is 21.9 Å². The summed E-state index contributed by atoms with van der Waals surface area (Å²) < 4.78 is 21.1. The molecule has 0 unspecified atom stereocenters. The molecule has 0 radical (unpaired) electrons.